The van der Waals surface area contributed by atoms with E-state index in [1.54, 1.807) is 18.2 Å². The van der Waals surface area contributed by atoms with Crippen molar-refractivity contribution in [1.82, 2.24) is 10.3 Å². The monoisotopic (exact) mass is 451 g/mol. The zero-order valence-electron chi connectivity index (χ0n) is 18.4. The molecule has 2 atom stereocenters. The van der Waals surface area contributed by atoms with E-state index in [0.29, 0.717) is 17.9 Å². The van der Waals surface area contributed by atoms with Gasteiger partial charge >= 0.3 is 0 Å². The average Bonchev–Trinajstić information content (AvgIpc) is 3.36. The molecular weight excluding hydrogens is 424 g/mol. The molecule has 1 aliphatic heterocycles. The van der Waals surface area contributed by atoms with Crippen LogP contribution in [-0.4, -0.2) is 53.4 Å². The number of para-hydroxylation sites is 1. The van der Waals surface area contributed by atoms with Gasteiger partial charge in [0.2, 0.25) is 6.54 Å². The van der Waals surface area contributed by atoms with Gasteiger partial charge in [-0.05, 0) is 36.8 Å². The van der Waals surface area contributed by atoms with Gasteiger partial charge in [-0.15, -0.1) is 0 Å². The molecule has 33 heavy (non-hydrogen) atoms. The molecule has 0 amide bonds. The Morgan fingerprint density at radius 2 is 2.12 bits per heavy atom. The number of nitrogens with zero attached hydrogens (tertiary/aromatic N) is 2. The maximum Gasteiger partial charge on any atom is 0.205 e. The second kappa shape index (κ2) is 10.0. The number of fused-ring (bicyclic) bond motifs is 2. The number of aromatic nitrogens is 1. The van der Waals surface area contributed by atoms with Crippen LogP contribution in [0.15, 0.2) is 48.7 Å². The van der Waals surface area contributed by atoms with Gasteiger partial charge in [0.1, 0.15) is 18.5 Å². The predicted molar refractivity (Wildman–Crippen MR) is 129 cm³/mol. The summed E-state index contributed by atoms with van der Waals surface area (Å²) < 4.78 is 5.91. The Labute approximate surface area is 191 Å². The lowest BCUT2D eigenvalue weighted by atomic mass is 10.0. The first-order valence-electron chi connectivity index (χ1n) is 10.9. The minimum absolute atomic E-state index is 0.0324. The first-order chi connectivity index (χ1) is 15.9. The molecule has 3 N–H and O–H groups in total. The summed E-state index contributed by atoms with van der Waals surface area (Å²) in [7, 11) is 0. The van der Waals surface area contributed by atoms with Gasteiger partial charge in [0.25, 0.3) is 0 Å². The molecule has 0 radical (unpaired) electrons. The predicted octanol–water partition coefficient (Wildman–Crippen LogP) is 3.41. The van der Waals surface area contributed by atoms with Crippen LogP contribution >= 0.6 is 0 Å². The van der Waals surface area contributed by atoms with E-state index >= 15 is 0 Å². The van der Waals surface area contributed by atoms with E-state index in [1.165, 1.54) is 0 Å². The number of hydrogen-bond donors (Lipinski definition) is 3. The second-order valence-corrected chi connectivity index (χ2v) is 8.27. The summed E-state index contributed by atoms with van der Waals surface area (Å²) in [6.07, 6.45) is 3.50. The van der Waals surface area contributed by atoms with Crippen molar-refractivity contribution in [3.63, 3.8) is 0 Å². The lowest BCUT2D eigenvalue weighted by Gasteiger charge is -2.24. The van der Waals surface area contributed by atoms with Gasteiger partial charge in [-0.1, -0.05) is 24.3 Å². The number of aliphatic hydroxyl groups is 1. The summed E-state index contributed by atoms with van der Waals surface area (Å²) >= 11 is 0. The molecule has 1 aromatic heterocycles. The van der Waals surface area contributed by atoms with Crippen LogP contribution in [0.4, 0.5) is 5.69 Å². The third-order valence-electron chi connectivity index (χ3n) is 5.74. The minimum atomic E-state index is -0.801. The first-order valence-corrected chi connectivity index (χ1v) is 10.9. The minimum Gasteiger partial charge on any atom is -0.758 e. The van der Waals surface area contributed by atoms with Gasteiger partial charge in [0.15, 0.2) is 0 Å². The van der Waals surface area contributed by atoms with E-state index in [4.69, 9.17) is 4.74 Å². The van der Waals surface area contributed by atoms with E-state index in [9.17, 15) is 20.4 Å². The summed E-state index contributed by atoms with van der Waals surface area (Å²) in [6.45, 7) is 2.22. The highest BCUT2D eigenvalue weighted by Gasteiger charge is 2.23. The number of anilines is 1. The summed E-state index contributed by atoms with van der Waals surface area (Å²) in [4.78, 5) is 13.4. The fraction of sp³-hybridized carbons (Fsp3) is 0.333. The molecule has 0 fully saturated rings. The highest BCUT2D eigenvalue weighted by Crippen LogP contribution is 2.42. The summed E-state index contributed by atoms with van der Waals surface area (Å²) in [5.41, 5.74) is 4.14. The highest BCUT2D eigenvalue weighted by molar-refractivity contribution is 6.00. The largest absolute Gasteiger partial charge is 0.758 e. The van der Waals surface area contributed by atoms with Crippen LogP contribution in [0.25, 0.3) is 22.6 Å². The van der Waals surface area contributed by atoms with Crippen LogP contribution in [-0.2, 0) is 0 Å². The average molecular weight is 452 g/mol. The van der Waals surface area contributed by atoms with Crippen LogP contribution < -0.4 is 15.1 Å². The van der Waals surface area contributed by atoms with Gasteiger partial charge in [0.05, 0.1) is 0 Å². The topological polar surface area (TPSA) is 127 Å². The molecule has 9 nitrogen and oxygen atoms in total. The van der Waals surface area contributed by atoms with Crippen molar-refractivity contribution < 1.29 is 14.8 Å². The number of hydroxylamine groups is 1. The molecule has 2 aromatic carbocycles. The van der Waals surface area contributed by atoms with Crippen LogP contribution in [0.2, 0.25) is 0 Å². The van der Waals surface area contributed by atoms with Crippen LogP contribution in [0.3, 0.4) is 0 Å². The standard InChI is InChI=1S/C24H27N4O5/c1-16(9-10-28(31)32)25-13-19(29)15-33-23-8-4-7-22-24(23)18(14-27(22)30)11-17-12-26-21-6-3-2-5-20(17)21/h2-8,11-12,16,19,25-26,29H,9-10,13-15H2,1H3/q-1. The zero-order valence-corrected chi connectivity index (χ0v) is 18.4. The smallest absolute Gasteiger partial charge is 0.205 e. The maximum atomic E-state index is 12.6. The number of H-pyrrole nitrogens is 1. The van der Waals surface area contributed by atoms with Crippen LogP contribution in [0, 0.1) is 15.3 Å². The lowest BCUT2D eigenvalue weighted by molar-refractivity contribution is -0.480. The number of benzene rings is 2. The Morgan fingerprint density at radius 1 is 1.30 bits per heavy atom. The van der Waals surface area contributed by atoms with Gasteiger partial charge in [0, 0.05) is 64.4 Å². The fourth-order valence-electron chi connectivity index (χ4n) is 3.99. The molecule has 2 heterocycles. The summed E-state index contributed by atoms with van der Waals surface area (Å²) in [6, 6.07) is 13.2. The van der Waals surface area contributed by atoms with Crippen molar-refractivity contribution >= 4 is 28.2 Å². The van der Waals surface area contributed by atoms with Gasteiger partial charge in [-0.3, -0.25) is 10.1 Å². The van der Waals surface area contributed by atoms with E-state index < -0.39 is 6.10 Å². The number of ether oxygens (including phenoxy) is 1. The van der Waals surface area contributed by atoms with E-state index in [2.05, 4.69) is 10.3 Å². The number of hydrogen-bond acceptors (Lipinski definition) is 7. The van der Waals surface area contributed by atoms with E-state index in [1.807, 2.05) is 43.5 Å². The zero-order chi connectivity index (χ0) is 23.4. The van der Waals surface area contributed by atoms with Crippen molar-refractivity contribution in [2.45, 2.75) is 25.5 Å². The summed E-state index contributed by atoms with van der Waals surface area (Å²) in [5, 5.41) is 38.4. The Balaban J connectivity index is 1.46. The molecule has 3 aromatic rings. The second-order valence-electron chi connectivity index (χ2n) is 8.27. The Hall–Kier alpha value is -3.40. The molecule has 174 valence electrons. The maximum absolute atomic E-state index is 12.6. The third kappa shape index (κ3) is 5.33. The lowest BCUT2D eigenvalue weighted by Crippen LogP contribution is -2.37. The molecule has 2 unspecified atom stereocenters. The highest BCUT2D eigenvalue weighted by atomic mass is 16.6. The van der Waals surface area contributed by atoms with Gasteiger partial charge in [-0.2, -0.15) is 0 Å². The number of aliphatic hydroxyl groups excluding tert-OH is 1. The molecular formula is C24H27N4O5-. The molecule has 0 saturated heterocycles. The van der Waals surface area contributed by atoms with Crippen molar-refractivity contribution in [3.05, 3.63) is 75.1 Å². The van der Waals surface area contributed by atoms with Crippen molar-refractivity contribution in [2.24, 2.45) is 0 Å². The SMILES string of the molecule is CC(CC[N+](=O)[O-])NCC(O)COc1cccc2c1C(=Cc1c[nH]c3ccccc13)CN2[O-]. The van der Waals surface area contributed by atoms with Crippen molar-refractivity contribution in [2.75, 3.05) is 31.3 Å². The molecule has 0 aliphatic carbocycles. The first kappa shape index (κ1) is 22.8. The van der Waals surface area contributed by atoms with Crippen LogP contribution in [0.5, 0.6) is 5.75 Å². The quantitative estimate of drug-likeness (QED) is 0.318. The van der Waals surface area contributed by atoms with Crippen LogP contribution in [0.1, 0.15) is 24.5 Å². The molecule has 0 spiro atoms. The van der Waals surface area contributed by atoms with Gasteiger partial charge in [-0.25, -0.2) is 0 Å². The molecule has 4 rings (SSSR count). The number of rotatable bonds is 10. The fourth-order valence-corrected chi connectivity index (χ4v) is 3.99. The van der Waals surface area contributed by atoms with E-state index in [-0.39, 0.29) is 37.2 Å². The number of nitrogens with one attached hydrogen (secondary N) is 2. The van der Waals surface area contributed by atoms with E-state index in [0.717, 1.165) is 32.7 Å². The summed E-state index contributed by atoms with van der Waals surface area (Å²) in [5.74, 6) is 0.539. The Morgan fingerprint density at radius 3 is 2.94 bits per heavy atom. The number of nitro groups is 1. The van der Waals surface area contributed by atoms with Crippen molar-refractivity contribution in [1.29, 1.82) is 0 Å². The normalized spacial score (nSPS) is 16.2. The molecule has 0 saturated carbocycles. The third-order valence-corrected chi connectivity index (χ3v) is 5.74. The molecule has 0 bridgehead atoms. The Bertz CT molecular complexity index is 1160. The molecule has 1 aliphatic rings. The Kier molecular flexibility index (Phi) is 6.93. The molecule has 9 heteroatoms. The van der Waals surface area contributed by atoms with Gasteiger partial charge < -0.3 is 30.4 Å². The van der Waals surface area contributed by atoms with Crippen molar-refractivity contribution in [3.8, 4) is 5.75 Å². The number of aromatic amines is 1.